The molecule has 0 saturated carbocycles. The number of nitrogens with zero attached hydrogens (tertiary/aromatic N) is 2. The molecular formula is C14H19N3O2S. The van der Waals surface area contributed by atoms with Crippen LogP contribution in [0.4, 0.5) is 0 Å². The molecule has 2 aliphatic rings. The van der Waals surface area contributed by atoms with E-state index in [9.17, 15) is 9.59 Å². The number of rotatable bonds is 2. The maximum absolute atomic E-state index is 12.1. The Hall–Kier alpha value is -1.40. The van der Waals surface area contributed by atoms with E-state index in [-0.39, 0.29) is 23.9 Å². The van der Waals surface area contributed by atoms with Gasteiger partial charge in [-0.1, -0.05) is 0 Å². The van der Waals surface area contributed by atoms with Gasteiger partial charge in [0, 0.05) is 31.1 Å². The summed E-state index contributed by atoms with van der Waals surface area (Å²) in [6, 6.07) is 1.41. The molecule has 108 valence electrons. The monoisotopic (exact) mass is 293 g/mol. The number of carbonyl (C=O) groups is 2. The normalized spacial score (nSPS) is 27.4. The Labute approximate surface area is 122 Å². The number of fused-ring (bicyclic) bond motifs is 1. The van der Waals surface area contributed by atoms with Crippen molar-refractivity contribution in [3.63, 3.8) is 0 Å². The highest BCUT2D eigenvalue weighted by Crippen LogP contribution is 2.21. The number of carbonyl (C=O) groups excluding carboxylic acids is 2. The second-order valence-electron chi connectivity index (χ2n) is 5.54. The molecule has 5 nitrogen and oxygen atoms in total. The fraction of sp³-hybridized carbons (Fsp3) is 0.571. The van der Waals surface area contributed by atoms with Gasteiger partial charge in [-0.3, -0.25) is 14.5 Å². The van der Waals surface area contributed by atoms with Crippen molar-refractivity contribution in [1.29, 1.82) is 0 Å². The lowest BCUT2D eigenvalue weighted by molar-refractivity contribution is -0.152. The molecule has 0 unspecified atom stereocenters. The molecular weight excluding hydrogens is 274 g/mol. The van der Waals surface area contributed by atoms with Gasteiger partial charge in [-0.05, 0) is 30.9 Å². The van der Waals surface area contributed by atoms with Gasteiger partial charge in [0.1, 0.15) is 12.1 Å². The Morgan fingerprint density at radius 3 is 2.90 bits per heavy atom. The van der Waals surface area contributed by atoms with E-state index in [2.05, 4.69) is 28.6 Å². The molecule has 3 rings (SSSR count). The van der Waals surface area contributed by atoms with Crippen LogP contribution in [0.2, 0.25) is 0 Å². The van der Waals surface area contributed by atoms with Crippen LogP contribution in [0.3, 0.4) is 0 Å². The number of nitrogens with one attached hydrogen (secondary N) is 1. The second-order valence-corrected chi connectivity index (χ2v) is 6.54. The van der Waals surface area contributed by atoms with Gasteiger partial charge in [0.15, 0.2) is 0 Å². The van der Waals surface area contributed by atoms with Crippen molar-refractivity contribution in [2.75, 3.05) is 19.6 Å². The predicted molar refractivity (Wildman–Crippen MR) is 77.4 cm³/mol. The summed E-state index contributed by atoms with van der Waals surface area (Å²) in [5, 5.41) is 4.86. The molecule has 1 aromatic rings. The first-order valence-corrected chi connectivity index (χ1v) is 7.80. The molecule has 2 fully saturated rings. The van der Waals surface area contributed by atoms with Crippen molar-refractivity contribution >= 4 is 23.2 Å². The number of thiophene rings is 1. The van der Waals surface area contributed by atoms with Crippen LogP contribution in [-0.2, 0) is 16.1 Å². The van der Waals surface area contributed by atoms with Gasteiger partial charge in [-0.2, -0.15) is 0 Å². The van der Waals surface area contributed by atoms with E-state index in [1.807, 2.05) is 0 Å². The van der Waals surface area contributed by atoms with Crippen molar-refractivity contribution in [1.82, 2.24) is 15.1 Å². The number of piperazine rings is 2. The average Bonchev–Trinajstić information content (AvgIpc) is 2.82. The van der Waals surface area contributed by atoms with Crippen LogP contribution in [-0.4, -0.2) is 53.3 Å². The highest BCUT2D eigenvalue weighted by Gasteiger charge is 2.41. The lowest BCUT2D eigenvalue weighted by Gasteiger charge is -2.44. The third-order valence-electron chi connectivity index (χ3n) is 4.11. The molecule has 6 heteroatoms. The first kappa shape index (κ1) is 13.6. The van der Waals surface area contributed by atoms with E-state index in [1.165, 1.54) is 10.4 Å². The zero-order chi connectivity index (χ0) is 14.3. The van der Waals surface area contributed by atoms with E-state index < -0.39 is 0 Å². The number of amides is 2. The van der Waals surface area contributed by atoms with Gasteiger partial charge < -0.3 is 10.2 Å². The van der Waals surface area contributed by atoms with Gasteiger partial charge in [-0.25, -0.2) is 0 Å². The molecule has 2 amide bonds. The van der Waals surface area contributed by atoms with Crippen LogP contribution in [0.1, 0.15) is 17.4 Å². The highest BCUT2D eigenvalue weighted by molar-refractivity contribution is 7.10. The highest BCUT2D eigenvalue weighted by atomic mass is 32.1. The number of hydrogen-bond acceptors (Lipinski definition) is 4. The number of aryl methyl sites for hydroxylation is 1. The Bertz CT molecular complexity index is 542. The fourth-order valence-corrected chi connectivity index (χ4v) is 3.81. The molecule has 0 spiro atoms. The molecule has 2 saturated heterocycles. The van der Waals surface area contributed by atoms with Crippen LogP contribution < -0.4 is 5.32 Å². The second kappa shape index (κ2) is 5.18. The number of hydrogen-bond donors (Lipinski definition) is 1. The molecule has 0 aliphatic carbocycles. The predicted octanol–water partition coefficient (Wildman–Crippen LogP) is 0.588. The van der Waals surface area contributed by atoms with Crippen molar-refractivity contribution in [3.8, 4) is 0 Å². The maximum atomic E-state index is 12.1. The lowest BCUT2D eigenvalue weighted by Crippen LogP contribution is -2.68. The summed E-state index contributed by atoms with van der Waals surface area (Å²) in [5.41, 5.74) is 1.30. The topological polar surface area (TPSA) is 52.6 Å². The molecule has 3 heterocycles. The largest absolute Gasteiger partial charge is 0.343 e. The summed E-state index contributed by atoms with van der Waals surface area (Å²) in [6.07, 6.45) is 0. The summed E-state index contributed by atoms with van der Waals surface area (Å²) in [6.45, 7) is 6.83. The quantitative estimate of drug-likeness (QED) is 0.868. The SMILES string of the molecule is Cc1ccsc1CN1CCN2C(=O)[C@H](C)NC(=O)[C@H]2C1. The van der Waals surface area contributed by atoms with Crippen LogP contribution in [0, 0.1) is 6.92 Å². The molecule has 1 N–H and O–H groups in total. The average molecular weight is 293 g/mol. The lowest BCUT2D eigenvalue weighted by atomic mass is 10.0. The van der Waals surface area contributed by atoms with Crippen molar-refractivity contribution in [2.24, 2.45) is 0 Å². The standard InChI is InChI=1S/C14H19N3O2S/c1-9-3-6-20-12(9)8-16-4-5-17-11(7-16)13(18)15-10(2)14(17)19/h3,6,10-11H,4-5,7-8H2,1-2H3,(H,15,18)/t10-,11+/m0/s1. The van der Waals surface area contributed by atoms with Gasteiger partial charge in [0.05, 0.1) is 0 Å². The summed E-state index contributed by atoms with van der Waals surface area (Å²) in [7, 11) is 0. The zero-order valence-corrected chi connectivity index (χ0v) is 12.6. The van der Waals surface area contributed by atoms with Crippen LogP contribution >= 0.6 is 11.3 Å². The minimum Gasteiger partial charge on any atom is -0.343 e. The van der Waals surface area contributed by atoms with Gasteiger partial charge in [-0.15, -0.1) is 11.3 Å². The van der Waals surface area contributed by atoms with Crippen LogP contribution in [0.25, 0.3) is 0 Å². The Morgan fingerprint density at radius 1 is 1.40 bits per heavy atom. The van der Waals surface area contributed by atoms with Crippen LogP contribution in [0.15, 0.2) is 11.4 Å². The smallest absolute Gasteiger partial charge is 0.245 e. The molecule has 2 atom stereocenters. The third kappa shape index (κ3) is 2.33. The van der Waals surface area contributed by atoms with E-state index in [0.717, 1.165) is 13.1 Å². The summed E-state index contributed by atoms with van der Waals surface area (Å²) >= 11 is 1.75. The van der Waals surface area contributed by atoms with E-state index >= 15 is 0 Å². The molecule has 0 radical (unpaired) electrons. The van der Waals surface area contributed by atoms with Gasteiger partial charge in [0.25, 0.3) is 0 Å². The Kier molecular flexibility index (Phi) is 3.52. The molecule has 2 aliphatic heterocycles. The summed E-state index contributed by atoms with van der Waals surface area (Å²) in [5.74, 6) is 0.0197. The Morgan fingerprint density at radius 2 is 2.20 bits per heavy atom. The first-order valence-electron chi connectivity index (χ1n) is 6.92. The summed E-state index contributed by atoms with van der Waals surface area (Å²) in [4.78, 5) is 29.5. The van der Waals surface area contributed by atoms with Gasteiger partial charge in [0.2, 0.25) is 11.8 Å². The summed E-state index contributed by atoms with van der Waals surface area (Å²) < 4.78 is 0. The maximum Gasteiger partial charge on any atom is 0.245 e. The Balaban J connectivity index is 1.70. The van der Waals surface area contributed by atoms with E-state index in [1.54, 1.807) is 23.2 Å². The minimum absolute atomic E-state index is 0.0234. The molecule has 20 heavy (non-hydrogen) atoms. The van der Waals surface area contributed by atoms with Gasteiger partial charge >= 0.3 is 0 Å². The van der Waals surface area contributed by atoms with Crippen molar-refractivity contribution in [3.05, 3.63) is 21.9 Å². The molecule has 1 aromatic heterocycles. The molecule has 0 aromatic carbocycles. The molecule has 0 bridgehead atoms. The van der Waals surface area contributed by atoms with Crippen LogP contribution in [0.5, 0.6) is 0 Å². The zero-order valence-electron chi connectivity index (χ0n) is 11.8. The first-order chi connectivity index (χ1) is 9.56. The van der Waals surface area contributed by atoms with Crippen molar-refractivity contribution in [2.45, 2.75) is 32.5 Å². The fourth-order valence-electron chi connectivity index (χ4n) is 2.86. The minimum atomic E-state index is -0.384. The van der Waals surface area contributed by atoms with Crippen molar-refractivity contribution < 1.29 is 9.59 Å². The van der Waals surface area contributed by atoms with E-state index in [4.69, 9.17) is 0 Å². The third-order valence-corrected chi connectivity index (χ3v) is 5.12. The van der Waals surface area contributed by atoms with E-state index in [0.29, 0.717) is 13.1 Å².